The van der Waals surface area contributed by atoms with E-state index in [2.05, 4.69) is 14.9 Å². The molecule has 1 aliphatic rings. The van der Waals surface area contributed by atoms with Gasteiger partial charge >= 0.3 is 0 Å². The van der Waals surface area contributed by atoms with E-state index in [4.69, 9.17) is 5.10 Å². The van der Waals surface area contributed by atoms with E-state index in [-0.39, 0.29) is 4.90 Å². The van der Waals surface area contributed by atoms with Crippen molar-refractivity contribution >= 4 is 38.5 Å². The van der Waals surface area contributed by atoms with Crippen molar-refractivity contribution in [3.63, 3.8) is 0 Å². The van der Waals surface area contributed by atoms with Crippen LogP contribution in [0.3, 0.4) is 0 Å². The molecule has 4 aromatic rings. The van der Waals surface area contributed by atoms with Crippen LogP contribution in [0.25, 0.3) is 17.0 Å². The highest BCUT2D eigenvalue weighted by molar-refractivity contribution is 7.89. The summed E-state index contributed by atoms with van der Waals surface area (Å²) in [7, 11) is -2.10. The predicted molar refractivity (Wildman–Crippen MR) is 107 cm³/mol. The molecule has 0 atom stereocenters. The zero-order valence-electron chi connectivity index (χ0n) is 14.9. The number of sulfonamides is 1. The van der Waals surface area contributed by atoms with Crippen LogP contribution in [0.2, 0.25) is 0 Å². The SMILES string of the molecule is CNS(=O)(=O)c1ccc2c(c1)N(c1ccc3nnc(-c4ccsc4)n3n1)CC2. The molecular formula is C18H16N6O2S2. The fourth-order valence-electron chi connectivity index (χ4n) is 3.38. The Bertz CT molecular complexity index is 1280. The molecule has 3 aromatic heterocycles. The molecule has 0 radical (unpaired) electrons. The number of anilines is 2. The largest absolute Gasteiger partial charge is 0.324 e. The second-order valence-electron chi connectivity index (χ2n) is 6.40. The highest BCUT2D eigenvalue weighted by Crippen LogP contribution is 2.35. The minimum Gasteiger partial charge on any atom is -0.324 e. The van der Waals surface area contributed by atoms with Crippen LogP contribution >= 0.6 is 11.3 Å². The van der Waals surface area contributed by atoms with Crippen LogP contribution in [-0.2, 0) is 16.4 Å². The molecule has 1 aromatic carbocycles. The Morgan fingerprint density at radius 3 is 2.82 bits per heavy atom. The molecule has 0 bridgehead atoms. The summed E-state index contributed by atoms with van der Waals surface area (Å²) in [6.07, 6.45) is 0.828. The molecule has 0 aliphatic carbocycles. The van der Waals surface area contributed by atoms with Gasteiger partial charge in [0, 0.05) is 23.2 Å². The number of nitrogens with zero attached hydrogens (tertiary/aromatic N) is 5. The molecule has 0 fully saturated rings. The molecule has 8 nitrogen and oxygen atoms in total. The lowest BCUT2D eigenvalue weighted by atomic mass is 10.2. The molecule has 5 rings (SSSR count). The van der Waals surface area contributed by atoms with Crippen LogP contribution in [0.5, 0.6) is 0 Å². The van der Waals surface area contributed by atoms with Crippen LogP contribution in [0.15, 0.2) is 52.1 Å². The number of nitrogens with one attached hydrogen (secondary N) is 1. The summed E-state index contributed by atoms with van der Waals surface area (Å²) in [5, 5.41) is 17.2. The number of hydrogen-bond acceptors (Lipinski definition) is 7. The van der Waals surface area contributed by atoms with Crippen LogP contribution in [-0.4, -0.2) is 41.8 Å². The quantitative estimate of drug-likeness (QED) is 0.554. The van der Waals surface area contributed by atoms with Crippen LogP contribution in [0.4, 0.5) is 11.5 Å². The van der Waals surface area contributed by atoms with Gasteiger partial charge in [0.25, 0.3) is 0 Å². The average Bonchev–Trinajstić information content (AvgIpc) is 3.45. The molecule has 1 aliphatic heterocycles. The Balaban J connectivity index is 1.61. The Labute approximate surface area is 165 Å². The molecule has 0 unspecified atom stereocenters. The topological polar surface area (TPSA) is 92.5 Å². The van der Waals surface area contributed by atoms with Gasteiger partial charge in [0.15, 0.2) is 17.3 Å². The monoisotopic (exact) mass is 412 g/mol. The normalized spacial score (nSPS) is 14.0. The van der Waals surface area contributed by atoms with Gasteiger partial charge in [-0.15, -0.1) is 15.3 Å². The number of hydrogen-bond donors (Lipinski definition) is 1. The van der Waals surface area contributed by atoms with E-state index in [1.165, 1.54) is 7.05 Å². The first-order valence-electron chi connectivity index (χ1n) is 8.66. The smallest absolute Gasteiger partial charge is 0.240 e. The fraction of sp³-hybridized carbons (Fsp3) is 0.167. The Hall–Kier alpha value is -2.82. The lowest BCUT2D eigenvalue weighted by Gasteiger charge is -2.19. The van der Waals surface area contributed by atoms with E-state index in [9.17, 15) is 8.42 Å². The summed E-state index contributed by atoms with van der Waals surface area (Å²) < 4.78 is 28.5. The lowest BCUT2D eigenvalue weighted by molar-refractivity contribution is 0.588. The van der Waals surface area contributed by atoms with E-state index < -0.39 is 10.0 Å². The molecule has 0 amide bonds. The van der Waals surface area contributed by atoms with E-state index in [1.54, 1.807) is 28.0 Å². The van der Waals surface area contributed by atoms with Gasteiger partial charge in [0.1, 0.15) is 0 Å². The zero-order valence-corrected chi connectivity index (χ0v) is 16.5. The number of thiophene rings is 1. The number of aromatic nitrogens is 4. The third-order valence-corrected chi connectivity index (χ3v) is 6.93. The number of fused-ring (bicyclic) bond motifs is 2. The van der Waals surface area contributed by atoms with Crippen molar-refractivity contribution in [2.75, 3.05) is 18.5 Å². The Kier molecular flexibility index (Phi) is 3.93. The van der Waals surface area contributed by atoms with Crippen molar-refractivity contribution < 1.29 is 8.42 Å². The summed E-state index contributed by atoms with van der Waals surface area (Å²) in [4.78, 5) is 2.27. The molecular weight excluding hydrogens is 396 g/mol. The summed E-state index contributed by atoms with van der Waals surface area (Å²) in [5.74, 6) is 1.41. The lowest BCUT2D eigenvalue weighted by Crippen LogP contribution is -2.20. The number of benzene rings is 1. The maximum atomic E-state index is 12.2. The summed E-state index contributed by atoms with van der Waals surface area (Å²) in [6.45, 7) is 0.729. The zero-order chi connectivity index (χ0) is 19.3. The summed E-state index contributed by atoms with van der Waals surface area (Å²) in [6, 6.07) is 10.9. The van der Waals surface area contributed by atoms with Gasteiger partial charge < -0.3 is 4.90 Å². The van der Waals surface area contributed by atoms with E-state index in [0.717, 1.165) is 35.6 Å². The third-order valence-electron chi connectivity index (χ3n) is 4.84. The van der Waals surface area contributed by atoms with Gasteiger partial charge in [-0.3, -0.25) is 0 Å². The maximum Gasteiger partial charge on any atom is 0.240 e. The maximum absolute atomic E-state index is 12.2. The highest BCUT2D eigenvalue weighted by atomic mass is 32.2. The Morgan fingerprint density at radius 2 is 2.04 bits per heavy atom. The molecule has 1 N–H and O–H groups in total. The number of rotatable bonds is 4. The van der Waals surface area contributed by atoms with Gasteiger partial charge in [-0.2, -0.15) is 15.9 Å². The van der Waals surface area contributed by atoms with Crippen LogP contribution in [0, 0.1) is 0 Å². The van der Waals surface area contributed by atoms with Gasteiger partial charge in [-0.25, -0.2) is 13.1 Å². The molecule has 142 valence electrons. The predicted octanol–water partition coefficient (Wildman–Crippen LogP) is 2.46. The Morgan fingerprint density at radius 1 is 1.14 bits per heavy atom. The first-order chi connectivity index (χ1) is 13.6. The van der Waals surface area contributed by atoms with Gasteiger partial charge in [-0.05, 0) is 54.7 Å². The van der Waals surface area contributed by atoms with Crippen molar-refractivity contribution in [3.8, 4) is 11.4 Å². The molecule has 10 heteroatoms. The van der Waals surface area contributed by atoms with Crippen LogP contribution < -0.4 is 9.62 Å². The second kappa shape index (κ2) is 6.36. The second-order valence-corrected chi connectivity index (χ2v) is 9.06. The van der Waals surface area contributed by atoms with Crippen molar-refractivity contribution in [3.05, 3.63) is 52.7 Å². The standard InChI is InChI=1S/C18H16N6O2S2/c1-19-28(25,26)14-3-2-12-6-8-23(15(12)10-14)17-5-4-16-20-21-18(24(16)22-17)13-7-9-27-11-13/h2-5,7,9-11,19H,6,8H2,1H3. The first-order valence-corrected chi connectivity index (χ1v) is 11.1. The molecule has 28 heavy (non-hydrogen) atoms. The van der Waals surface area contributed by atoms with Gasteiger partial charge in [-0.1, -0.05) is 6.07 Å². The minimum absolute atomic E-state index is 0.241. The average molecular weight is 413 g/mol. The van der Waals surface area contributed by atoms with Crippen LogP contribution in [0.1, 0.15) is 5.56 Å². The molecule has 0 saturated heterocycles. The first kappa shape index (κ1) is 17.3. The van der Waals surface area contributed by atoms with E-state index >= 15 is 0 Å². The van der Waals surface area contributed by atoms with Crippen molar-refractivity contribution in [2.45, 2.75) is 11.3 Å². The highest BCUT2D eigenvalue weighted by Gasteiger charge is 2.25. The molecule has 0 saturated carbocycles. The summed E-state index contributed by atoms with van der Waals surface area (Å²) in [5.41, 5.74) is 3.58. The molecule has 4 heterocycles. The van der Waals surface area contributed by atoms with Gasteiger partial charge in [0.05, 0.1) is 4.90 Å². The van der Waals surface area contributed by atoms with Crippen molar-refractivity contribution in [1.82, 2.24) is 24.5 Å². The summed E-state index contributed by atoms with van der Waals surface area (Å²) >= 11 is 1.59. The van der Waals surface area contributed by atoms with Crippen molar-refractivity contribution in [1.29, 1.82) is 0 Å². The molecule has 0 spiro atoms. The van der Waals surface area contributed by atoms with Gasteiger partial charge in [0.2, 0.25) is 10.0 Å². The minimum atomic E-state index is -3.51. The third kappa shape index (κ3) is 2.68. The van der Waals surface area contributed by atoms with E-state index in [0.29, 0.717) is 11.5 Å². The van der Waals surface area contributed by atoms with Crippen molar-refractivity contribution in [2.24, 2.45) is 0 Å². The fourth-order valence-corrected chi connectivity index (χ4v) is 4.76. The van der Waals surface area contributed by atoms with E-state index in [1.807, 2.05) is 39.9 Å².